The molecule has 4 aromatic rings. The van der Waals surface area contributed by atoms with Gasteiger partial charge in [-0.25, -0.2) is 23.6 Å². The average Bonchev–Trinajstić information content (AvgIpc) is 3.70. The molecule has 9 atom stereocenters. The highest BCUT2D eigenvalue weighted by Gasteiger charge is 2.50. The zero-order chi connectivity index (χ0) is 31.6. The molecule has 0 radical (unpaired) electrons. The summed E-state index contributed by atoms with van der Waals surface area (Å²) in [5.74, 6) is -0.203. The fraction of sp³-hybridized carbons (Fsp3) is 0.474. The van der Waals surface area contributed by atoms with E-state index in [9.17, 15) is 33.8 Å². The van der Waals surface area contributed by atoms with E-state index in [1.165, 1.54) is 27.8 Å². The highest BCUT2D eigenvalue weighted by atomic mass is 32.7. The molecule has 0 aromatic carbocycles. The summed E-state index contributed by atoms with van der Waals surface area (Å²) >= 11 is 7.42. The van der Waals surface area contributed by atoms with Gasteiger partial charge in [-0.1, -0.05) is 24.5 Å². The summed E-state index contributed by atoms with van der Waals surface area (Å²) in [6.07, 6.45) is -5.45. The highest BCUT2D eigenvalue weighted by Crippen LogP contribution is 2.59. The molecule has 0 saturated carbocycles. The normalized spacial score (nSPS) is 30.2. The van der Waals surface area contributed by atoms with E-state index in [2.05, 4.69) is 49.5 Å². The van der Waals surface area contributed by atoms with Crippen molar-refractivity contribution in [2.75, 3.05) is 12.3 Å². The first-order valence-electron chi connectivity index (χ1n) is 12.4. The maximum atomic E-state index is 13.5. The molecule has 6 rings (SSSR count). The van der Waals surface area contributed by atoms with Gasteiger partial charge in [0.1, 0.15) is 30.7 Å². The standard InChI is InChI=1S/C19H23N9O12P2S2/c20-19-24-13-10(15(31)25-19)22-5-26(13)17-7(29)3-9(38-17)39-42(35,44)40-12-11(30)8(4-36-41(33,34)43)37-18(12)27-6-23-28-2-1-21-14(28)16(27)32/h1-2,5-9,11-12,17-18,29-30H,3-4H2,(H,35,44)(H2,33,34,43)(H3,20,24,25,31)/t7?,8-,9-,11-,12?,17-,18-,42?/m1/s1. The smallest absolute Gasteiger partial charge is 0.388 e. The molecule has 2 saturated heterocycles. The molecule has 0 amide bonds. The fourth-order valence-electron chi connectivity index (χ4n) is 4.76. The van der Waals surface area contributed by atoms with Crippen LogP contribution in [0.5, 0.6) is 0 Å². The number of H-pyrrole nitrogens is 1. The van der Waals surface area contributed by atoms with Crippen LogP contribution in [0.4, 0.5) is 5.95 Å². The van der Waals surface area contributed by atoms with E-state index in [0.717, 1.165) is 10.9 Å². The molecule has 21 nitrogen and oxygen atoms in total. The van der Waals surface area contributed by atoms with Gasteiger partial charge in [0.2, 0.25) is 11.6 Å². The van der Waals surface area contributed by atoms with Crippen LogP contribution in [0.3, 0.4) is 0 Å². The van der Waals surface area contributed by atoms with Gasteiger partial charge in [-0.15, -0.1) is 0 Å². The molecule has 2 aliphatic rings. The number of fused-ring (bicyclic) bond motifs is 2. The molecular formula is C19H23N9O12P2S2. The molecule has 0 spiro atoms. The second-order valence-electron chi connectivity index (χ2n) is 9.56. The van der Waals surface area contributed by atoms with Crippen LogP contribution < -0.4 is 16.9 Å². The SMILES string of the molecule is Nc1nc2c(ncn2[C@@H]2O[C@H](OP(=O)(S)OC3[C@H](n4cnn5ccnc5c4=O)O[C@H](COP(=O)(O)S)[C@H]3O)CC2O)c(=O)[nH]1. The van der Waals surface area contributed by atoms with Crippen molar-refractivity contribution in [3.63, 3.8) is 0 Å². The monoisotopic (exact) mass is 695 g/mol. The van der Waals surface area contributed by atoms with E-state index in [-0.39, 0.29) is 29.2 Å². The number of aromatic amines is 1. The van der Waals surface area contributed by atoms with Crippen molar-refractivity contribution in [3.8, 4) is 0 Å². The summed E-state index contributed by atoms with van der Waals surface area (Å²) in [6, 6.07) is 0. The van der Waals surface area contributed by atoms with Crippen LogP contribution in [0, 0.1) is 0 Å². The Balaban J connectivity index is 1.23. The third kappa shape index (κ3) is 6.10. The Morgan fingerprint density at radius 2 is 1.86 bits per heavy atom. The molecule has 2 fully saturated rings. The van der Waals surface area contributed by atoms with Crippen molar-refractivity contribution in [2.24, 2.45) is 0 Å². The van der Waals surface area contributed by atoms with Crippen molar-refractivity contribution >= 4 is 60.9 Å². The van der Waals surface area contributed by atoms with Crippen molar-refractivity contribution in [1.29, 1.82) is 0 Å². The first-order valence-corrected chi connectivity index (χ1v) is 17.8. The van der Waals surface area contributed by atoms with E-state index < -0.39 is 74.5 Å². The minimum absolute atomic E-state index is 0.00530. The van der Waals surface area contributed by atoms with Crippen molar-refractivity contribution in [3.05, 3.63) is 45.8 Å². The number of aliphatic hydroxyl groups is 2. The van der Waals surface area contributed by atoms with E-state index in [1.807, 2.05) is 0 Å². The van der Waals surface area contributed by atoms with Crippen LogP contribution in [0.15, 0.2) is 34.6 Å². The predicted octanol–water partition coefficient (Wildman–Crippen LogP) is -1.04. The van der Waals surface area contributed by atoms with Crippen LogP contribution in [-0.2, 0) is 32.2 Å². The fourth-order valence-corrected chi connectivity index (χ4v) is 6.96. The first kappa shape index (κ1) is 31.3. The Morgan fingerprint density at radius 3 is 2.61 bits per heavy atom. The molecule has 238 valence electrons. The second kappa shape index (κ2) is 11.6. The lowest BCUT2D eigenvalue weighted by molar-refractivity contribution is -0.113. The van der Waals surface area contributed by atoms with Crippen LogP contribution >= 0.6 is 38.1 Å². The lowest BCUT2D eigenvalue weighted by Gasteiger charge is -2.26. The highest BCUT2D eigenvalue weighted by molar-refractivity contribution is 8.44. The van der Waals surface area contributed by atoms with Gasteiger partial charge >= 0.3 is 13.6 Å². The van der Waals surface area contributed by atoms with Gasteiger partial charge in [0.25, 0.3) is 11.1 Å². The number of ether oxygens (including phenoxy) is 2. The Kier molecular flexibility index (Phi) is 8.26. The third-order valence-corrected chi connectivity index (χ3v) is 9.04. The average molecular weight is 696 g/mol. The Morgan fingerprint density at radius 1 is 1.09 bits per heavy atom. The predicted molar refractivity (Wildman–Crippen MR) is 152 cm³/mol. The number of imidazole rings is 2. The number of anilines is 1. The molecule has 6 N–H and O–H groups in total. The summed E-state index contributed by atoms with van der Waals surface area (Å²) in [6.45, 7) is -9.51. The number of nitrogens with two attached hydrogens (primary N) is 1. The van der Waals surface area contributed by atoms with Crippen molar-refractivity contribution < 1.29 is 47.3 Å². The molecule has 2 aliphatic heterocycles. The third-order valence-electron chi connectivity index (χ3n) is 6.63. The summed E-state index contributed by atoms with van der Waals surface area (Å²) < 4.78 is 55.5. The minimum Gasteiger partial charge on any atom is -0.388 e. The molecule has 0 aliphatic carbocycles. The van der Waals surface area contributed by atoms with Gasteiger partial charge in [0.05, 0.1) is 12.9 Å². The largest absolute Gasteiger partial charge is 0.388 e. The van der Waals surface area contributed by atoms with Gasteiger partial charge < -0.3 is 30.3 Å². The van der Waals surface area contributed by atoms with Gasteiger partial charge in [-0.3, -0.25) is 37.3 Å². The summed E-state index contributed by atoms with van der Waals surface area (Å²) in [5, 5.41) is 25.7. The number of thiol groups is 2. The maximum absolute atomic E-state index is 13.5. The van der Waals surface area contributed by atoms with Crippen molar-refractivity contribution in [1.82, 2.24) is 38.7 Å². The number of aliphatic hydroxyl groups excluding tert-OH is 2. The lowest BCUT2D eigenvalue weighted by Crippen LogP contribution is -2.37. The number of rotatable bonds is 9. The molecule has 4 unspecified atom stereocenters. The first-order chi connectivity index (χ1) is 20.7. The van der Waals surface area contributed by atoms with Gasteiger partial charge in [-0.2, -0.15) is 10.1 Å². The topological polar surface area (TPSA) is 283 Å². The van der Waals surface area contributed by atoms with E-state index in [1.54, 1.807) is 0 Å². The van der Waals surface area contributed by atoms with Crippen LogP contribution in [0.25, 0.3) is 16.8 Å². The van der Waals surface area contributed by atoms with Crippen LogP contribution in [0.2, 0.25) is 0 Å². The number of aromatic nitrogens is 8. The van der Waals surface area contributed by atoms with Gasteiger partial charge in [0.15, 0.2) is 29.9 Å². The van der Waals surface area contributed by atoms with Crippen LogP contribution in [0.1, 0.15) is 18.9 Å². The number of nitrogens with zero attached hydrogens (tertiary/aromatic N) is 7. The zero-order valence-corrected chi connectivity index (χ0v) is 25.4. The lowest BCUT2D eigenvalue weighted by atomic mass is 10.1. The molecule has 0 bridgehead atoms. The second-order valence-corrected chi connectivity index (χ2v) is 15.1. The summed E-state index contributed by atoms with van der Waals surface area (Å²) in [4.78, 5) is 48.8. The van der Waals surface area contributed by atoms with E-state index in [4.69, 9.17) is 28.8 Å². The molecular weight excluding hydrogens is 672 g/mol. The van der Waals surface area contributed by atoms with Crippen LogP contribution in [-0.4, -0.2) is 91.1 Å². The molecule has 44 heavy (non-hydrogen) atoms. The van der Waals surface area contributed by atoms with Crippen molar-refractivity contribution in [2.45, 2.75) is 49.6 Å². The Hall–Kier alpha value is -2.66. The summed E-state index contributed by atoms with van der Waals surface area (Å²) in [7, 11) is 0. The number of hydrogen-bond acceptors (Lipinski definition) is 16. The zero-order valence-electron chi connectivity index (χ0n) is 21.8. The van der Waals surface area contributed by atoms with Gasteiger partial charge in [-0.05, 0) is 0 Å². The Labute approximate surface area is 254 Å². The minimum atomic E-state index is -4.52. The quantitative estimate of drug-likeness (QED) is 0.0813. The van der Waals surface area contributed by atoms with Gasteiger partial charge in [0, 0.05) is 18.8 Å². The molecule has 6 heterocycles. The summed E-state index contributed by atoms with van der Waals surface area (Å²) in [5.41, 5.74) is 4.08. The molecule has 25 heteroatoms. The van der Waals surface area contributed by atoms with E-state index >= 15 is 0 Å². The Bertz CT molecular complexity index is 1930. The number of nitrogens with one attached hydrogen (secondary N) is 1. The van der Waals surface area contributed by atoms with E-state index in [0.29, 0.717) is 0 Å². The molecule has 4 aromatic heterocycles. The number of nitrogen functional groups attached to an aromatic ring is 1. The number of hydrogen-bond donors (Lipinski definition) is 7. The maximum Gasteiger partial charge on any atom is 0.388 e.